The molecule has 6 heteroatoms. The molecule has 0 aliphatic heterocycles. The molecule has 0 atom stereocenters. The number of nitrogens with zero attached hydrogens (tertiary/aromatic N) is 4. The molecule has 238 valence electrons. The fourth-order valence-electron chi connectivity index (χ4n) is 7.31. The third-order valence-electron chi connectivity index (χ3n) is 9.55. The normalized spacial score (nSPS) is 13.3. The lowest BCUT2D eigenvalue weighted by Gasteiger charge is -2.11. The maximum atomic E-state index is 8.84. The lowest BCUT2D eigenvalue weighted by Crippen LogP contribution is -2.00. The van der Waals surface area contributed by atoms with Crippen LogP contribution in [0.2, 0.25) is 0 Å². The Morgan fingerprint density at radius 3 is 1.88 bits per heavy atom. The molecule has 4 nitrogen and oxygen atoms in total. The van der Waals surface area contributed by atoms with Gasteiger partial charge in [-0.15, -0.1) is 22.7 Å². The Morgan fingerprint density at radius 1 is 0.451 bits per heavy atom. The summed E-state index contributed by atoms with van der Waals surface area (Å²) in [6, 6.07) is 41.8. The summed E-state index contributed by atoms with van der Waals surface area (Å²) in [6.07, 6.45) is 0. The van der Waals surface area contributed by atoms with Crippen LogP contribution in [0.25, 0.3) is 102 Å². The first-order chi connectivity index (χ1) is 27.3. The quantitative estimate of drug-likeness (QED) is 0.184. The van der Waals surface area contributed by atoms with Crippen LogP contribution >= 0.6 is 22.7 Å². The molecule has 0 saturated heterocycles. The molecule has 0 unspecified atom stereocenters. The summed E-state index contributed by atoms with van der Waals surface area (Å²) in [5, 5.41) is 6.68. The van der Waals surface area contributed by atoms with Gasteiger partial charge >= 0.3 is 0 Å². The smallest absolute Gasteiger partial charge is 0.164 e. The molecule has 0 aliphatic carbocycles. The van der Waals surface area contributed by atoms with E-state index in [0.717, 1.165) is 58.1 Å². The van der Waals surface area contributed by atoms with Crippen LogP contribution in [0.5, 0.6) is 0 Å². The maximum Gasteiger partial charge on any atom is 0.164 e. The van der Waals surface area contributed by atoms with Gasteiger partial charge in [-0.05, 0) is 48.5 Å². The first-order valence-corrected chi connectivity index (χ1v) is 18.2. The van der Waals surface area contributed by atoms with E-state index < -0.39 is 18.1 Å². The predicted molar refractivity (Wildman–Crippen MR) is 216 cm³/mol. The molecule has 0 aliphatic rings. The van der Waals surface area contributed by atoms with Gasteiger partial charge in [0.1, 0.15) is 0 Å². The number of benzene rings is 7. The van der Waals surface area contributed by atoms with E-state index in [1.807, 2.05) is 30.3 Å². The number of fused-ring (bicyclic) bond motifs is 9. The molecule has 0 N–H and O–H groups in total. The summed E-state index contributed by atoms with van der Waals surface area (Å²) >= 11 is 3.37. The minimum Gasteiger partial charge on any atom is -0.309 e. The second-order valence-electron chi connectivity index (χ2n) is 12.4. The van der Waals surface area contributed by atoms with E-state index in [1.165, 1.54) is 20.9 Å². The van der Waals surface area contributed by atoms with Gasteiger partial charge in [0.05, 0.1) is 17.9 Å². The highest BCUT2D eigenvalue weighted by Crippen LogP contribution is 2.42. The molecule has 0 fully saturated rings. The second-order valence-corrected chi connectivity index (χ2v) is 14.6. The van der Waals surface area contributed by atoms with E-state index >= 15 is 0 Å². The molecule has 0 saturated carbocycles. The Balaban J connectivity index is 1.17. The van der Waals surface area contributed by atoms with Crippen molar-refractivity contribution in [2.45, 2.75) is 0 Å². The Hall–Kier alpha value is -6.21. The van der Waals surface area contributed by atoms with Crippen molar-refractivity contribution >= 4 is 84.8 Å². The fraction of sp³-hybridized carbons (Fsp3) is 0. The molecule has 4 aromatic heterocycles. The summed E-state index contributed by atoms with van der Waals surface area (Å²) in [6.45, 7) is 0. The van der Waals surface area contributed by atoms with E-state index in [-0.39, 0.29) is 23.5 Å². The van der Waals surface area contributed by atoms with Crippen LogP contribution < -0.4 is 0 Å². The molecule has 0 amide bonds. The Labute approximate surface area is 307 Å². The van der Waals surface area contributed by atoms with Crippen LogP contribution in [-0.2, 0) is 0 Å². The van der Waals surface area contributed by atoms with Gasteiger partial charge in [-0.3, -0.25) is 0 Å². The van der Waals surface area contributed by atoms with Gasteiger partial charge in [0.15, 0.2) is 17.5 Å². The third kappa shape index (κ3) is 4.47. The molecular formula is C45H26N4S2. The van der Waals surface area contributed by atoms with E-state index in [1.54, 1.807) is 22.7 Å². The highest BCUT2D eigenvalue weighted by atomic mass is 32.1. The lowest BCUT2D eigenvalue weighted by atomic mass is 10.0. The van der Waals surface area contributed by atoms with Crippen LogP contribution in [0.1, 0.15) is 6.85 Å². The molecule has 4 heterocycles. The van der Waals surface area contributed by atoms with E-state index in [9.17, 15) is 0 Å². The van der Waals surface area contributed by atoms with Gasteiger partial charge in [0.25, 0.3) is 0 Å². The van der Waals surface area contributed by atoms with Crippen molar-refractivity contribution in [3.8, 4) is 39.9 Å². The average Bonchev–Trinajstić information content (AvgIpc) is 3.91. The van der Waals surface area contributed by atoms with E-state index in [0.29, 0.717) is 11.6 Å². The molecule has 0 spiro atoms. The van der Waals surface area contributed by atoms with Crippen LogP contribution in [0.3, 0.4) is 0 Å². The highest BCUT2D eigenvalue weighted by Gasteiger charge is 2.19. The molecular weight excluding hydrogens is 661 g/mol. The topological polar surface area (TPSA) is 43.6 Å². The SMILES string of the molecule is [2H]c1c([2H])c([2H])c(-c2nc(-c3ccc4c(c3)sc3ccccc34)nc(-c3cccc4sc5ccc(-n6c7ccccc7c7ccccc76)cc5c34)n2)c([2H])c1[2H]. The standard InChI is InChI=1S/C45H26N4S2/c1-2-11-27(12-3-1)43-46-44(28-21-23-33-32-15-6-9-19-38(32)51-41(33)25-28)48-45(47-43)34-16-10-20-40-42(34)35-26-29(22-24-39(35)50-40)49-36-17-7-4-13-30(36)31-14-5-8-18-37(31)49/h1-26H/i1D,2D,3D,11D,12D. The Morgan fingerprint density at radius 2 is 1.08 bits per heavy atom. The van der Waals surface area contributed by atoms with Crippen LogP contribution in [0.15, 0.2) is 158 Å². The second kappa shape index (κ2) is 11.2. The average molecular weight is 692 g/mol. The molecule has 0 radical (unpaired) electrons. The zero-order chi connectivity index (χ0) is 37.8. The fourth-order valence-corrected chi connectivity index (χ4v) is 9.56. The van der Waals surface area contributed by atoms with Crippen molar-refractivity contribution in [2.24, 2.45) is 0 Å². The Bertz CT molecular complexity index is 3380. The summed E-state index contributed by atoms with van der Waals surface area (Å²) in [5.41, 5.74) is 4.69. The zero-order valence-electron chi connectivity index (χ0n) is 31.7. The maximum absolute atomic E-state index is 8.84. The van der Waals surface area contributed by atoms with Gasteiger partial charge in [0.2, 0.25) is 0 Å². The number of aromatic nitrogens is 4. The van der Waals surface area contributed by atoms with E-state index in [2.05, 4.69) is 102 Å². The third-order valence-corrected chi connectivity index (χ3v) is 11.8. The summed E-state index contributed by atoms with van der Waals surface area (Å²) < 4.78 is 49.5. The number of para-hydroxylation sites is 2. The minimum absolute atomic E-state index is 0.0148. The van der Waals surface area contributed by atoms with Crippen LogP contribution in [0.4, 0.5) is 0 Å². The first kappa shape index (κ1) is 24.0. The lowest BCUT2D eigenvalue weighted by molar-refractivity contribution is 1.08. The van der Waals surface area contributed by atoms with Crippen molar-refractivity contribution in [3.05, 3.63) is 158 Å². The summed E-state index contributed by atoms with van der Waals surface area (Å²) in [4.78, 5) is 14.9. The summed E-state index contributed by atoms with van der Waals surface area (Å²) in [7, 11) is 0. The molecule has 11 aromatic rings. The van der Waals surface area contributed by atoms with Crippen LogP contribution in [-0.4, -0.2) is 19.5 Å². The molecule has 0 bridgehead atoms. The first-order valence-electron chi connectivity index (χ1n) is 19.0. The van der Waals surface area contributed by atoms with Crippen molar-refractivity contribution in [1.29, 1.82) is 0 Å². The van der Waals surface area contributed by atoms with Crippen molar-refractivity contribution in [3.63, 3.8) is 0 Å². The highest BCUT2D eigenvalue weighted by molar-refractivity contribution is 7.26. The number of hydrogen-bond donors (Lipinski definition) is 0. The van der Waals surface area contributed by atoms with Gasteiger partial charge in [0, 0.05) is 73.5 Å². The van der Waals surface area contributed by atoms with Crippen LogP contribution in [0, 0.1) is 0 Å². The van der Waals surface area contributed by atoms with Gasteiger partial charge in [-0.1, -0.05) is 109 Å². The van der Waals surface area contributed by atoms with Gasteiger partial charge in [-0.25, -0.2) is 15.0 Å². The van der Waals surface area contributed by atoms with Crippen molar-refractivity contribution in [2.75, 3.05) is 0 Å². The molecule has 11 rings (SSSR count). The number of hydrogen-bond acceptors (Lipinski definition) is 5. The van der Waals surface area contributed by atoms with Gasteiger partial charge in [-0.2, -0.15) is 0 Å². The number of thiophene rings is 2. The summed E-state index contributed by atoms with van der Waals surface area (Å²) in [5.74, 6) is 0.709. The molecule has 7 aromatic carbocycles. The minimum atomic E-state index is -0.470. The predicted octanol–water partition coefficient (Wildman–Crippen LogP) is 12.7. The largest absolute Gasteiger partial charge is 0.309 e. The van der Waals surface area contributed by atoms with E-state index in [4.69, 9.17) is 21.8 Å². The Kier molecular flexibility index (Phi) is 5.25. The zero-order valence-corrected chi connectivity index (χ0v) is 28.4. The van der Waals surface area contributed by atoms with Gasteiger partial charge < -0.3 is 4.57 Å². The van der Waals surface area contributed by atoms with Crippen molar-refractivity contribution in [1.82, 2.24) is 19.5 Å². The molecule has 51 heavy (non-hydrogen) atoms. The number of rotatable bonds is 4. The van der Waals surface area contributed by atoms with Crippen molar-refractivity contribution < 1.29 is 6.85 Å². The monoisotopic (exact) mass is 691 g/mol.